The highest BCUT2D eigenvalue weighted by Gasteiger charge is 2.32. The van der Waals surface area contributed by atoms with E-state index in [0.29, 0.717) is 25.8 Å². The minimum absolute atomic E-state index is 0.00545. The fraction of sp³-hybridized carbons (Fsp3) is 0.783. The number of nitrogens with two attached hydrogens (primary N) is 3. The number of hydrogen-bond acceptors (Lipinski definition) is 7. The summed E-state index contributed by atoms with van der Waals surface area (Å²) in [6.45, 7) is 7.73. The lowest BCUT2D eigenvalue weighted by Gasteiger charge is -2.28. The highest BCUT2D eigenvalue weighted by molar-refractivity contribution is 5.94. The lowest BCUT2D eigenvalue weighted by molar-refractivity contribution is -0.143. The van der Waals surface area contributed by atoms with Gasteiger partial charge in [0.1, 0.15) is 18.1 Å². The number of nitrogens with one attached hydrogen (secondary N) is 3. The lowest BCUT2D eigenvalue weighted by Crippen LogP contribution is -2.58. The molecule has 0 saturated carbocycles. The molecule has 5 unspecified atom stereocenters. The van der Waals surface area contributed by atoms with Crippen LogP contribution in [0.3, 0.4) is 0 Å². The van der Waals surface area contributed by atoms with Gasteiger partial charge in [-0.2, -0.15) is 0 Å². The molecular formula is C23H44N6O6. The van der Waals surface area contributed by atoms with E-state index >= 15 is 0 Å². The third kappa shape index (κ3) is 13.1. The number of hydrogen-bond donors (Lipinski definition) is 7. The van der Waals surface area contributed by atoms with Gasteiger partial charge in [-0.15, -0.1) is 0 Å². The number of amides is 4. The van der Waals surface area contributed by atoms with Crippen molar-refractivity contribution in [2.45, 2.75) is 96.8 Å². The Kier molecular flexibility index (Phi) is 15.5. The molecule has 0 aliphatic carbocycles. The van der Waals surface area contributed by atoms with E-state index in [0.717, 1.165) is 6.42 Å². The summed E-state index contributed by atoms with van der Waals surface area (Å²) in [5.74, 6) is -4.06. The average Bonchev–Trinajstić information content (AvgIpc) is 2.78. The minimum atomic E-state index is -1.22. The van der Waals surface area contributed by atoms with Gasteiger partial charge in [0.2, 0.25) is 23.6 Å². The molecule has 12 heteroatoms. The van der Waals surface area contributed by atoms with Gasteiger partial charge in [0.15, 0.2) is 0 Å². The lowest BCUT2D eigenvalue weighted by atomic mass is 9.96. The summed E-state index contributed by atoms with van der Waals surface area (Å²) >= 11 is 0. The van der Waals surface area contributed by atoms with Crippen LogP contribution < -0.4 is 33.2 Å². The van der Waals surface area contributed by atoms with Crippen molar-refractivity contribution in [1.29, 1.82) is 0 Å². The molecule has 0 aliphatic rings. The molecule has 0 heterocycles. The standard InChI is InChI=1S/C23H44N6O6/c1-5-14(4)19(29-20(31)15(25)8-6-7-11-24)22(33)27-16(9-10-18(26)30)21(32)28-17(23(34)35)12-13(2)3/h13-17,19H,5-12,24-25H2,1-4H3,(H2,26,30)(H,27,33)(H,28,32)(H,29,31)(H,34,35). The summed E-state index contributed by atoms with van der Waals surface area (Å²) in [7, 11) is 0. The number of carboxylic acid groups (broad SMARTS) is 1. The molecule has 12 nitrogen and oxygen atoms in total. The predicted molar refractivity (Wildman–Crippen MR) is 132 cm³/mol. The zero-order valence-corrected chi connectivity index (χ0v) is 21.3. The first kappa shape index (κ1) is 32.3. The Bertz CT molecular complexity index is 717. The van der Waals surface area contributed by atoms with Crippen molar-refractivity contribution in [3.8, 4) is 0 Å². The van der Waals surface area contributed by atoms with Crippen LogP contribution in [0.5, 0.6) is 0 Å². The van der Waals surface area contributed by atoms with E-state index < -0.39 is 53.8 Å². The summed E-state index contributed by atoms with van der Waals surface area (Å²) < 4.78 is 0. The number of aliphatic carboxylic acids is 1. The summed E-state index contributed by atoms with van der Waals surface area (Å²) in [5.41, 5.74) is 16.6. The number of unbranched alkanes of at least 4 members (excludes halogenated alkanes) is 1. The van der Waals surface area contributed by atoms with E-state index in [4.69, 9.17) is 17.2 Å². The molecule has 0 saturated heterocycles. The molecule has 0 radical (unpaired) electrons. The summed E-state index contributed by atoms with van der Waals surface area (Å²) in [4.78, 5) is 61.4. The zero-order chi connectivity index (χ0) is 27.1. The number of rotatable bonds is 18. The molecule has 10 N–H and O–H groups in total. The molecule has 0 aliphatic heterocycles. The van der Waals surface area contributed by atoms with Crippen LogP contribution in [0.1, 0.15) is 72.6 Å². The molecule has 0 fully saturated rings. The third-order valence-corrected chi connectivity index (χ3v) is 5.73. The highest BCUT2D eigenvalue weighted by Crippen LogP contribution is 2.11. The van der Waals surface area contributed by atoms with Crippen molar-refractivity contribution in [1.82, 2.24) is 16.0 Å². The second-order valence-electron chi connectivity index (χ2n) is 9.36. The van der Waals surface area contributed by atoms with Crippen LogP contribution >= 0.6 is 0 Å². The van der Waals surface area contributed by atoms with Gasteiger partial charge < -0.3 is 38.3 Å². The van der Waals surface area contributed by atoms with Crippen molar-refractivity contribution < 1.29 is 29.1 Å². The van der Waals surface area contributed by atoms with Gasteiger partial charge in [-0.05, 0) is 44.1 Å². The van der Waals surface area contributed by atoms with Gasteiger partial charge in [0.05, 0.1) is 6.04 Å². The van der Waals surface area contributed by atoms with Gasteiger partial charge in [-0.1, -0.05) is 40.5 Å². The topological polar surface area (TPSA) is 220 Å². The van der Waals surface area contributed by atoms with Crippen molar-refractivity contribution in [3.63, 3.8) is 0 Å². The smallest absolute Gasteiger partial charge is 0.326 e. The highest BCUT2D eigenvalue weighted by atomic mass is 16.4. The van der Waals surface area contributed by atoms with Gasteiger partial charge in [-0.25, -0.2) is 4.79 Å². The summed E-state index contributed by atoms with van der Waals surface area (Å²) in [6.07, 6.45) is 2.21. The Labute approximate surface area is 207 Å². The SMILES string of the molecule is CCC(C)C(NC(=O)C(N)CCCCN)C(=O)NC(CCC(N)=O)C(=O)NC(CC(C)C)C(=O)O. The van der Waals surface area contributed by atoms with E-state index in [9.17, 15) is 29.1 Å². The molecule has 4 amide bonds. The third-order valence-electron chi connectivity index (χ3n) is 5.73. The molecule has 0 rings (SSSR count). The fourth-order valence-corrected chi connectivity index (χ4v) is 3.38. The largest absolute Gasteiger partial charge is 0.480 e. The molecule has 0 aromatic carbocycles. The van der Waals surface area contributed by atoms with Crippen molar-refractivity contribution in [2.75, 3.05) is 6.54 Å². The van der Waals surface area contributed by atoms with E-state index in [2.05, 4.69) is 16.0 Å². The fourth-order valence-electron chi connectivity index (χ4n) is 3.38. The zero-order valence-electron chi connectivity index (χ0n) is 21.3. The Morgan fingerprint density at radius 1 is 0.857 bits per heavy atom. The Morgan fingerprint density at radius 2 is 1.46 bits per heavy atom. The summed E-state index contributed by atoms with van der Waals surface area (Å²) in [5, 5.41) is 17.1. The van der Waals surface area contributed by atoms with E-state index in [1.54, 1.807) is 6.92 Å². The molecule has 0 aromatic heterocycles. The molecule has 35 heavy (non-hydrogen) atoms. The maximum absolute atomic E-state index is 13.1. The predicted octanol–water partition coefficient (Wildman–Crippen LogP) is -0.661. The van der Waals surface area contributed by atoms with Crippen molar-refractivity contribution in [3.05, 3.63) is 0 Å². The molecule has 5 atom stereocenters. The molecule has 202 valence electrons. The van der Waals surface area contributed by atoms with Crippen LogP contribution in [0, 0.1) is 11.8 Å². The van der Waals surface area contributed by atoms with Crippen LogP contribution in [-0.2, 0) is 24.0 Å². The van der Waals surface area contributed by atoms with Crippen LogP contribution in [0.25, 0.3) is 0 Å². The Hall–Kier alpha value is -2.73. The molecule has 0 spiro atoms. The second kappa shape index (κ2) is 16.8. The molecule has 0 bridgehead atoms. The van der Waals surface area contributed by atoms with Crippen molar-refractivity contribution >= 4 is 29.6 Å². The van der Waals surface area contributed by atoms with Crippen LogP contribution in [0.15, 0.2) is 0 Å². The van der Waals surface area contributed by atoms with E-state index in [1.807, 2.05) is 20.8 Å². The number of primary amides is 1. The first-order valence-corrected chi connectivity index (χ1v) is 12.2. The molecular weight excluding hydrogens is 456 g/mol. The van der Waals surface area contributed by atoms with Crippen LogP contribution in [0.4, 0.5) is 0 Å². The second-order valence-corrected chi connectivity index (χ2v) is 9.36. The van der Waals surface area contributed by atoms with Crippen molar-refractivity contribution in [2.24, 2.45) is 29.0 Å². The Balaban J connectivity index is 5.55. The van der Waals surface area contributed by atoms with Crippen LogP contribution in [0.2, 0.25) is 0 Å². The van der Waals surface area contributed by atoms with Gasteiger partial charge in [-0.3, -0.25) is 19.2 Å². The number of carbonyl (C=O) groups excluding carboxylic acids is 4. The first-order chi connectivity index (χ1) is 16.3. The quantitative estimate of drug-likeness (QED) is 0.119. The summed E-state index contributed by atoms with van der Waals surface area (Å²) in [6, 6.07) is -4.18. The van der Waals surface area contributed by atoms with Gasteiger partial charge in [0.25, 0.3) is 0 Å². The van der Waals surface area contributed by atoms with Gasteiger partial charge >= 0.3 is 5.97 Å². The Morgan fingerprint density at radius 3 is 1.94 bits per heavy atom. The van der Waals surface area contributed by atoms with E-state index in [1.165, 1.54) is 0 Å². The normalized spacial score (nSPS) is 15.4. The average molecular weight is 501 g/mol. The van der Waals surface area contributed by atoms with E-state index in [-0.39, 0.29) is 31.1 Å². The maximum Gasteiger partial charge on any atom is 0.326 e. The number of carboxylic acids is 1. The maximum atomic E-state index is 13.1. The van der Waals surface area contributed by atoms with Crippen LogP contribution in [-0.4, -0.2) is 65.4 Å². The monoisotopic (exact) mass is 500 g/mol. The number of carbonyl (C=O) groups is 5. The minimum Gasteiger partial charge on any atom is -0.480 e. The van der Waals surface area contributed by atoms with Gasteiger partial charge in [0, 0.05) is 6.42 Å². The first-order valence-electron chi connectivity index (χ1n) is 12.2. The molecule has 0 aromatic rings.